The van der Waals surface area contributed by atoms with Crippen LogP contribution in [-0.2, 0) is 19.4 Å². The molecule has 0 aromatic carbocycles. The standard InChI is InChI=1S/C10H15F3O5S/c11-10(12,13)6-18-3-4-19(16,17)7-9(1-2-9)5-8(14)15/h1-7H2,(H,14,15). The Bertz CT molecular complexity index is 425. The number of rotatable bonds is 8. The summed E-state index contributed by atoms with van der Waals surface area (Å²) in [6, 6.07) is 0. The molecule has 1 N–H and O–H groups in total. The number of alkyl halides is 3. The zero-order valence-electron chi connectivity index (χ0n) is 10.1. The third kappa shape index (κ3) is 6.76. The van der Waals surface area contributed by atoms with Crippen LogP contribution in [0.1, 0.15) is 19.3 Å². The molecular weight excluding hydrogens is 289 g/mol. The van der Waals surface area contributed by atoms with Gasteiger partial charge in [-0.05, 0) is 18.3 Å². The zero-order valence-corrected chi connectivity index (χ0v) is 10.9. The number of hydrogen-bond acceptors (Lipinski definition) is 4. The summed E-state index contributed by atoms with van der Waals surface area (Å²) in [7, 11) is -3.60. The van der Waals surface area contributed by atoms with Crippen molar-refractivity contribution in [1.82, 2.24) is 0 Å². The van der Waals surface area contributed by atoms with Crippen LogP contribution in [0.15, 0.2) is 0 Å². The minimum Gasteiger partial charge on any atom is -0.481 e. The van der Waals surface area contributed by atoms with Crippen LogP contribution in [0, 0.1) is 5.41 Å². The molecule has 1 saturated carbocycles. The Morgan fingerprint density at radius 3 is 2.32 bits per heavy atom. The van der Waals surface area contributed by atoms with Gasteiger partial charge in [-0.1, -0.05) is 0 Å². The third-order valence-corrected chi connectivity index (χ3v) is 4.65. The maximum absolute atomic E-state index is 11.8. The van der Waals surface area contributed by atoms with Gasteiger partial charge in [-0.2, -0.15) is 13.2 Å². The second-order valence-corrected chi connectivity index (χ2v) is 7.01. The van der Waals surface area contributed by atoms with Crippen molar-refractivity contribution in [2.24, 2.45) is 5.41 Å². The van der Waals surface area contributed by atoms with Gasteiger partial charge in [0.1, 0.15) is 6.61 Å². The monoisotopic (exact) mass is 304 g/mol. The molecule has 19 heavy (non-hydrogen) atoms. The molecule has 0 radical (unpaired) electrons. The topological polar surface area (TPSA) is 80.7 Å². The molecule has 112 valence electrons. The van der Waals surface area contributed by atoms with Gasteiger partial charge in [-0.25, -0.2) is 8.42 Å². The normalized spacial score (nSPS) is 18.3. The molecule has 0 aromatic rings. The highest BCUT2D eigenvalue weighted by Gasteiger charge is 2.47. The molecule has 1 aliphatic carbocycles. The van der Waals surface area contributed by atoms with Crippen molar-refractivity contribution in [3.63, 3.8) is 0 Å². The average molecular weight is 304 g/mol. The smallest absolute Gasteiger partial charge is 0.411 e. The summed E-state index contributed by atoms with van der Waals surface area (Å²) in [4.78, 5) is 10.6. The van der Waals surface area contributed by atoms with Crippen molar-refractivity contribution in [3.05, 3.63) is 0 Å². The Labute approximate surface area is 108 Å². The van der Waals surface area contributed by atoms with E-state index in [2.05, 4.69) is 4.74 Å². The van der Waals surface area contributed by atoms with Gasteiger partial charge in [0, 0.05) is 0 Å². The van der Waals surface area contributed by atoms with Crippen LogP contribution in [0.3, 0.4) is 0 Å². The number of ether oxygens (including phenoxy) is 1. The highest BCUT2D eigenvalue weighted by Crippen LogP contribution is 2.49. The Balaban J connectivity index is 2.35. The minimum absolute atomic E-state index is 0.227. The van der Waals surface area contributed by atoms with Gasteiger partial charge in [0.2, 0.25) is 0 Å². The summed E-state index contributed by atoms with van der Waals surface area (Å²) < 4.78 is 62.8. The summed E-state index contributed by atoms with van der Waals surface area (Å²) in [6.45, 7) is -2.02. The van der Waals surface area contributed by atoms with Gasteiger partial charge in [0.25, 0.3) is 0 Å². The summed E-state index contributed by atoms with van der Waals surface area (Å²) >= 11 is 0. The maximum atomic E-state index is 11.8. The molecule has 5 nitrogen and oxygen atoms in total. The van der Waals surface area contributed by atoms with E-state index in [1.807, 2.05) is 0 Å². The van der Waals surface area contributed by atoms with Crippen LogP contribution in [0.4, 0.5) is 13.2 Å². The summed E-state index contributed by atoms with van der Waals surface area (Å²) in [5, 5.41) is 8.65. The van der Waals surface area contributed by atoms with Crippen LogP contribution in [0.25, 0.3) is 0 Å². The lowest BCUT2D eigenvalue weighted by Crippen LogP contribution is -2.26. The number of aliphatic carboxylic acids is 1. The lowest BCUT2D eigenvalue weighted by molar-refractivity contribution is -0.172. The summed E-state index contributed by atoms with van der Waals surface area (Å²) in [5.74, 6) is -1.90. The molecule has 0 heterocycles. The van der Waals surface area contributed by atoms with Crippen molar-refractivity contribution in [3.8, 4) is 0 Å². The van der Waals surface area contributed by atoms with E-state index in [4.69, 9.17) is 5.11 Å². The Hall–Kier alpha value is -0.830. The Kier molecular flexibility index (Phi) is 4.83. The fraction of sp³-hybridized carbons (Fsp3) is 0.900. The molecule has 0 atom stereocenters. The lowest BCUT2D eigenvalue weighted by Gasteiger charge is -2.13. The SMILES string of the molecule is O=C(O)CC1(CS(=O)(=O)CCOCC(F)(F)F)CC1. The predicted molar refractivity (Wildman–Crippen MR) is 59.4 cm³/mol. The van der Waals surface area contributed by atoms with Gasteiger partial charge < -0.3 is 9.84 Å². The van der Waals surface area contributed by atoms with Gasteiger partial charge in [0.15, 0.2) is 9.84 Å². The Morgan fingerprint density at radius 1 is 1.32 bits per heavy atom. The lowest BCUT2D eigenvalue weighted by atomic mass is 10.1. The van der Waals surface area contributed by atoms with Crippen molar-refractivity contribution >= 4 is 15.8 Å². The van der Waals surface area contributed by atoms with Crippen molar-refractivity contribution in [1.29, 1.82) is 0 Å². The fourth-order valence-corrected chi connectivity index (χ4v) is 3.62. The molecule has 0 unspecified atom stereocenters. The molecular formula is C10H15F3O5S. The molecule has 0 aromatic heterocycles. The quantitative estimate of drug-likeness (QED) is 0.682. The number of carboxylic acid groups (broad SMARTS) is 1. The van der Waals surface area contributed by atoms with E-state index >= 15 is 0 Å². The van der Waals surface area contributed by atoms with Crippen molar-refractivity contribution in [2.75, 3.05) is 24.7 Å². The zero-order chi connectivity index (χ0) is 14.7. The maximum Gasteiger partial charge on any atom is 0.411 e. The van der Waals surface area contributed by atoms with E-state index in [0.29, 0.717) is 12.8 Å². The number of carboxylic acids is 1. The first-order valence-electron chi connectivity index (χ1n) is 5.60. The van der Waals surface area contributed by atoms with Gasteiger partial charge in [-0.15, -0.1) is 0 Å². The minimum atomic E-state index is -4.48. The van der Waals surface area contributed by atoms with E-state index in [0.717, 1.165) is 0 Å². The molecule has 1 fully saturated rings. The first-order valence-corrected chi connectivity index (χ1v) is 7.43. The molecule has 0 bridgehead atoms. The molecule has 0 amide bonds. The van der Waals surface area contributed by atoms with Gasteiger partial charge >= 0.3 is 12.1 Å². The number of carbonyl (C=O) groups is 1. The summed E-state index contributed by atoms with van der Waals surface area (Å²) in [5.41, 5.74) is -0.727. The molecule has 0 saturated heterocycles. The summed E-state index contributed by atoms with van der Waals surface area (Å²) in [6.07, 6.45) is -3.68. The molecule has 1 rings (SSSR count). The largest absolute Gasteiger partial charge is 0.481 e. The first-order chi connectivity index (χ1) is 8.54. The number of halogens is 3. The van der Waals surface area contributed by atoms with E-state index < -0.39 is 46.4 Å². The highest BCUT2D eigenvalue weighted by atomic mass is 32.2. The second kappa shape index (κ2) is 5.66. The second-order valence-electron chi connectivity index (χ2n) is 4.83. The molecule has 0 spiro atoms. The van der Waals surface area contributed by atoms with Crippen LogP contribution in [-0.4, -0.2) is 50.4 Å². The van der Waals surface area contributed by atoms with E-state index in [1.54, 1.807) is 0 Å². The number of hydrogen-bond donors (Lipinski definition) is 1. The fourth-order valence-electron chi connectivity index (χ4n) is 1.78. The van der Waals surface area contributed by atoms with Crippen LogP contribution < -0.4 is 0 Å². The highest BCUT2D eigenvalue weighted by molar-refractivity contribution is 7.91. The van der Waals surface area contributed by atoms with Gasteiger partial charge in [-0.3, -0.25) is 4.79 Å². The number of sulfone groups is 1. The predicted octanol–water partition coefficient (Wildman–Crippen LogP) is 1.24. The van der Waals surface area contributed by atoms with E-state index in [9.17, 15) is 26.4 Å². The van der Waals surface area contributed by atoms with E-state index in [-0.39, 0.29) is 12.2 Å². The molecule has 9 heteroatoms. The Morgan fingerprint density at radius 2 is 1.89 bits per heavy atom. The van der Waals surface area contributed by atoms with Gasteiger partial charge in [0.05, 0.1) is 24.5 Å². The molecule has 1 aliphatic rings. The van der Waals surface area contributed by atoms with Crippen molar-refractivity contribution < 1.29 is 36.2 Å². The first kappa shape index (κ1) is 16.2. The van der Waals surface area contributed by atoms with Crippen LogP contribution >= 0.6 is 0 Å². The third-order valence-electron chi connectivity index (χ3n) is 2.81. The molecule has 0 aliphatic heterocycles. The van der Waals surface area contributed by atoms with Crippen molar-refractivity contribution in [2.45, 2.75) is 25.4 Å². The van der Waals surface area contributed by atoms with Crippen LogP contribution in [0.2, 0.25) is 0 Å². The van der Waals surface area contributed by atoms with E-state index in [1.165, 1.54) is 0 Å². The van der Waals surface area contributed by atoms with Crippen LogP contribution in [0.5, 0.6) is 0 Å². The average Bonchev–Trinajstić information content (AvgIpc) is 2.88.